The Bertz CT molecular complexity index is 1010. The number of carbonyl (C=O) groups excluding carboxylic acids is 1. The van der Waals surface area contributed by atoms with Gasteiger partial charge in [-0.2, -0.15) is 5.10 Å². The van der Waals surface area contributed by atoms with Crippen LogP contribution in [0.3, 0.4) is 0 Å². The largest absolute Gasteiger partial charge is 0.497 e. The maximum absolute atomic E-state index is 12.5. The van der Waals surface area contributed by atoms with E-state index in [9.17, 15) is 4.79 Å². The standard InChI is InChI=1S/C22H23ClN4O3/c1-29-19-7-5-16(6-8-19)20-14-27(25-22(20)26-9-11-30-12-10-26)15-21(28)24-18-4-2-3-17(23)13-18/h2-8,13-14H,9-12,15H2,1H3,(H,24,28). The van der Waals surface area contributed by atoms with Gasteiger partial charge < -0.3 is 19.7 Å². The molecule has 2 aromatic carbocycles. The highest BCUT2D eigenvalue weighted by Gasteiger charge is 2.20. The molecule has 0 atom stereocenters. The Kier molecular flexibility index (Phi) is 6.21. The van der Waals surface area contributed by atoms with Crippen molar-refractivity contribution in [3.8, 4) is 16.9 Å². The van der Waals surface area contributed by atoms with Crippen LogP contribution in [0.2, 0.25) is 5.02 Å². The molecule has 1 saturated heterocycles. The highest BCUT2D eigenvalue weighted by atomic mass is 35.5. The van der Waals surface area contributed by atoms with Gasteiger partial charge in [-0.15, -0.1) is 0 Å². The van der Waals surface area contributed by atoms with Crippen LogP contribution in [0.1, 0.15) is 0 Å². The molecule has 1 aliphatic heterocycles. The molecule has 7 nitrogen and oxygen atoms in total. The van der Waals surface area contributed by atoms with Crippen LogP contribution >= 0.6 is 11.6 Å². The summed E-state index contributed by atoms with van der Waals surface area (Å²) in [7, 11) is 1.64. The number of nitrogens with zero attached hydrogens (tertiary/aromatic N) is 3. The van der Waals surface area contributed by atoms with E-state index in [1.807, 2.05) is 30.5 Å². The Morgan fingerprint density at radius 1 is 1.20 bits per heavy atom. The Morgan fingerprint density at radius 3 is 2.67 bits per heavy atom. The number of methoxy groups -OCH3 is 1. The molecule has 8 heteroatoms. The molecule has 156 valence electrons. The minimum absolute atomic E-state index is 0.0972. The first-order valence-corrected chi connectivity index (χ1v) is 10.1. The highest BCUT2D eigenvalue weighted by Crippen LogP contribution is 2.31. The number of anilines is 2. The third-order valence-corrected chi connectivity index (χ3v) is 5.10. The molecule has 1 aromatic heterocycles. The van der Waals surface area contributed by atoms with Crippen molar-refractivity contribution in [2.75, 3.05) is 43.6 Å². The van der Waals surface area contributed by atoms with Crippen molar-refractivity contribution in [3.63, 3.8) is 0 Å². The van der Waals surface area contributed by atoms with E-state index < -0.39 is 0 Å². The van der Waals surface area contributed by atoms with Gasteiger partial charge in [0, 0.05) is 35.6 Å². The molecule has 0 bridgehead atoms. The van der Waals surface area contributed by atoms with E-state index in [4.69, 9.17) is 26.2 Å². The fraction of sp³-hybridized carbons (Fsp3) is 0.273. The number of amides is 1. The first kappa shape index (κ1) is 20.3. The van der Waals surface area contributed by atoms with Crippen LogP contribution in [0.15, 0.2) is 54.7 Å². The quantitative estimate of drug-likeness (QED) is 0.651. The number of hydrogen-bond donors (Lipinski definition) is 1. The molecule has 30 heavy (non-hydrogen) atoms. The van der Waals surface area contributed by atoms with Gasteiger partial charge in [0.15, 0.2) is 5.82 Å². The third-order valence-electron chi connectivity index (χ3n) is 4.87. The monoisotopic (exact) mass is 426 g/mol. The zero-order valence-electron chi connectivity index (χ0n) is 16.7. The number of hydrogen-bond acceptors (Lipinski definition) is 5. The predicted molar refractivity (Wildman–Crippen MR) is 117 cm³/mol. The number of morpholine rings is 1. The van der Waals surface area contributed by atoms with Crippen molar-refractivity contribution in [3.05, 3.63) is 59.8 Å². The zero-order valence-corrected chi connectivity index (χ0v) is 17.4. The third kappa shape index (κ3) is 4.75. The highest BCUT2D eigenvalue weighted by molar-refractivity contribution is 6.30. The predicted octanol–water partition coefficient (Wildman–Crippen LogP) is 3.69. The Balaban J connectivity index is 1.58. The van der Waals surface area contributed by atoms with Crippen LogP contribution in [0.4, 0.5) is 11.5 Å². The van der Waals surface area contributed by atoms with E-state index in [1.54, 1.807) is 36.1 Å². The smallest absolute Gasteiger partial charge is 0.246 e. The Hall–Kier alpha value is -3.03. The van der Waals surface area contributed by atoms with E-state index in [1.165, 1.54) is 0 Å². The first-order valence-electron chi connectivity index (χ1n) is 9.72. The van der Waals surface area contributed by atoms with Crippen LogP contribution in [0.25, 0.3) is 11.1 Å². The first-order chi connectivity index (χ1) is 14.6. The van der Waals surface area contributed by atoms with Gasteiger partial charge in [0.1, 0.15) is 12.3 Å². The number of benzene rings is 2. The summed E-state index contributed by atoms with van der Waals surface area (Å²) in [6.45, 7) is 2.93. The number of rotatable bonds is 6. The van der Waals surface area contributed by atoms with E-state index >= 15 is 0 Å². The molecule has 1 fully saturated rings. The van der Waals surface area contributed by atoms with Crippen LogP contribution in [-0.4, -0.2) is 49.1 Å². The average molecular weight is 427 g/mol. The molecule has 0 saturated carbocycles. The summed E-state index contributed by atoms with van der Waals surface area (Å²) in [6.07, 6.45) is 1.91. The van der Waals surface area contributed by atoms with Crippen molar-refractivity contribution >= 4 is 29.0 Å². The molecule has 4 rings (SSSR count). The lowest BCUT2D eigenvalue weighted by atomic mass is 10.1. The molecular formula is C22H23ClN4O3. The molecular weight excluding hydrogens is 404 g/mol. The van der Waals surface area contributed by atoms with Crippen LogP contribution in [0.5, 0.6) is 5.75 Å². The molecule has 0 radical (unpaired) electrons. The van der Waals surface area contributed by atoms with Gasteiger partial charge in [-0.3, -0.25) is 9.48 Å². The number of nitrogens with one attached hydrogen (secondary N) is 1. The van der Waals surface area contributed by atoms with Gasteiger partial charge in [-0.25, -0.2) is 0 Å². The summed E-state index contributed by atoms with van der Waals surface area (Å²) in [6, 6.07) is 14.9. The lowest BCUT2D eigenvalue weighted by Gasteiger charge is -2.27. The normalized spacial score (nSPS) is 13.9. The van der Waals surface area contributed by atoms with Gasteiger partial charge in [-0.05, 0) is 35.9 Å². The van der Waals surface area contributed by atoms with Crippen molar-refractivity contribution in [2.45, 2.75) is 6.54 Å². The molecule has 0 unspecified atom stereocenters. The summed E-state index contributed by atoms with van der Waals surface area (Å²) < 4.78 is 12.4. The summed E-state index contributed by atoms with van der Waals surface area (Å²) in [5.41, 5.74) is 2.64. The number of ether oxygens (including phenoxy) is 2. The molecule has 0 spiro atoms. The molecule has 1 amide bonds. The topological polar surface area (TPSA) is 68.6 Å². The van der Waals surface area contributed by atoms with E-state index in [-0.39, 0.29) is 12.5 Å². The van der Waals surface area contributed by atoms with Gasteiger partial charge in [-0.1, -0.05) is 29.8 Å². The summed E-state index contributed by atoms with van der Waals surface area (Å²) in [5.74, 6) is 1.47. The lowest BCUT2D eigenvalue weighted by molar-refractivity contribution is -0.116. The van der Waals surface area contributed by atoms with Crippen LogP contribution in [-0.2, 0) is 16.1 Å². The average Bonchev–Trinajstić information content (AvgIpc) is 3.18. The maximum atomic E-state index is 12.5. The summed E-state index contributed by atoms with van der Waals surface area (Å²) in [4.78, 5) is 14.7. The summed E-state index contributed by atoms with van der Waals surface area (Å²) >= 11 is 5.99. The minimum Gasteiger partial charge on any atom is -0.497 e. The van der Waals surface area contributed by atoms with E-state index in [0.29, 0.717) is 23.9 Å². The minimum atomic E-state index is -0.172. The molecule has 1 aliphatic rings. The molecule has 3 aromatic rings. The van der Waals surface area contributed by atoms with Gasteiger partial charge in [0.25, 0.3) is 0 Å². The van der Waals surface area contributed by atoms with E-state index in [2.05, 4.69) is 10.2 Å². The number of aromatic nitrogens is 2. The SMILES string of the molecule is COc1ccc(-c2cn(CC(=O)Nc3cccc(Cl)c3)nc2N2CCOCC2)cc1. The number of halogens is 1. The number of carbonyl (C=O) groups is 1. The molecule has 1 N–H and O–H groups in total. The van der Waals surface area contributed by atoms with Crippen molar-refractivity contribution in [1.82, 2.24) is 9.78 Å². The fourth-order valence-electron chi connectivity index (χ4n) is 3.39. The van der Waals surface area contributed by atoms with Crippen LogP contribution in [0, 0.1) is 0 Å². The van der Waals surface area contributed by atoms with Crippen molar-refractivity contribution in [2.24, 2.45) is 0 Å². The summed E-state index contributed by atoms with van der Waals surface area (Å²) in [5, 5.41) is 8.15. The van der Waals surface area contributed by atoms with Crippen molar-refractivity contribution < 1.29 is 14.3 Å². The van der Waals surface area contributed by atoms with Gasteiger partial charge >= 0.3 is 0 Å². The second-order valence-electron chi connectivity index (χ2n) is 6.95. The molecule has 0 aliphatic carbocycles. The Morgan fingerprint density at radius 2 is 1.97 bits per heavy atom. The maximum Gasteiger partial charge on any atom is 0.246 e. The van der Waals surface area contributed by atoms with Gasteiger partial charge in [0.2, 0.25) is 5.91 Å². The molecule has 2 heterocycles. The zero-order chi connectivity index (χ0) is 20.9. The van der Waals surface area contributed by atoms with Gasteiger partial charge in [0.05, 0.1) is 20.3 Å². The Labute approximate surface area is 180 Å². The fourth-order valence-corrected chi connectivity index (χ4v) is 3.58. The lowest BCUT2D eigenvalue weighted by Crippen LogP contribution is -2.36. The second-order valence-corrected chi connectivity index (χ2v) is 7.39. The second kappa shape index (κ2) is 9.19. The van der Waals surface area contributed by atoms with Crippen LogP contribution < -0.4 is 15.0 Å². The van der Waals surface area contributed by atoms with Crippen molar-refractivity contribution in [1.29, 1.82) is 0 Å². The van der Waals surface area contributed by atoms with E-state index in [0.717, 1.165) is 35.8 Å².